The molecule has 0 unspecified atom stereocenters. The van der Waals surface area contributed by atoms with Crippen LogP contribution in [0.1, 0.15) is 17.7 Å². The van der Waals surface area contributed by atoms with Gasteiger partial charge in [-0.25, -0.2) is 9.58 Å². The second kappa shape index (κ2) is 9.12. The molecule has 0 spiro atoms. The van der Waals surface area contributed by atoms with Crippen LogP contribution in [0.15, 0.2) is 53.7 Å². The summed E-state index contributed by atoms with van der Waals surface area (Å²) in [4.78, 5) is 19.3. The molecule has 2 aliphatic heterocycles. The summed E-state index contributed by atoms with van der Waals surface area (Å²) in [5.74, 6) is -1.13. The Morgan fingerprint density at radius 2 is 1.86 bits per heavy atom. The molecule has 1 saturated heterocycles. The average molecular weight is 486 g/mol. The van der Waals surface area contributed by atoms with Crippen molar-refractivity contribution in [3.05, 3.63) is 59.9 Å². The molecule has 1 aromatic heterocycles. The van der Waals surface area contributed by atoms with E-state index in [9.17, 15) is 23.1 Å². The molecule has 3 aromatic rings. The number of aliphatic imine (C=N–C) groups is 1. The summed E-state index contributed by atoms with van der Waals surface area (Å²) in [6.07, 6.45) is -4.05. The molecule has 1 N–H and O–H groups in total. The van der Waals surface area contributed by atoms with Crippen LogP contribution in [0, 0.1) is 0 Å². The number of rotatable bonds is 4. The van der Waals surface area contributed by atoms with E-state index in [2.05, 4.69) is 15.3 Å². The number of ether oxygens (including phenoxy) is 1. The smallest absolute Gasteiger partial charge is 0.390 e. The molecule has 2 aromatic carbocycles. The van der Waals surface area contributed by atoms with Crippen LogP contribution in [0.3, 0.4) is 0 Å². The van der Waals surface area contributed by atoms with Gasteiger partial charge >= 0.3 is 6.30 Å². The predicted octanol–water partition coefficient (Wildman–Crippen LogP) is 2.97. The number of hydrogen-bond acceptors (Lipinski definition) is 7. The summed E-state index contributed by atoms with van der Waals surface area (Å²) >= 11 is 0. The highest BCUT2D eigenvalue weighted by Gasteiger charge is 2.44. The number of nitrogens with zero attached hydrogens (tertiary/aromatic N) is 6. The molecule has 0 radical (unpaired) electrons. The van der Waals surface area contributed by atoms with E-state index in [-0.39, 0.29) is 28.6 Å². The zero-order valence-electron chi connectivity index (χ0n) is 18.4. The first-order valence-corrected chi connectivity index (χ1v) is 10.9. The lowest BCUT2D eigenvalue weighted by atomic mass is 10.1. The molecule has 9 nitrogen and oxygen atoms in total. The van der Waals surface area contributed by atoms with Gasteiger partial charge in [0, 0.05) is 18.8 Å². The third-order valence-electron chi connectivity index (χ3n) is 5.86. The molecule has 0 aliphatic carbocycles. The minimum absolute atomic E-state index is 0.0503. The van der Waals surface area contributed by atoms with Gasteiger partial charge < -0.3 is 14.7 Å². The topological polar surface area (TPSA) is 96.1 Å². The van der Waals surface area contributed by atoms with Gasteiger partial charge in [-0.2, -0.15) is 0 Å². The van der Waals surface area contributed by atoms with Crippen molar-refractivity contribution in [3.63, 3.8) is 0 Å². The number of aliphatic hydroxyl groups is 1. The fourth-order valence-corrected chi connectivity index (χ4v) is 4.19. The van der Waals surface area contributed by atoms with Gasteiger partial charge in [0.15, 0.2) is 0 Å². The summed E-state index contributed by atoms with van der Waals surface area (Å²) in [6, 6.07) is 11.1. The quantitative estimate of drug-likeness (QED) is 0.570. The lowest BCUT2D eigenvalue weighted by Crippen LogP contribution is -2.43. The van der Waals surface area contributed by atoms with Crippen molar-refractivity contribution in [3.8, 4) is 5.69 Å². The lowest BCUT2D eigenvalue weighted by molar-refractivity contribution is -0.149. The highest BCUT2D eigenvalue weighted by molar-refractivity contribution is 6.18. The van der Waals surface area contributed by atoms with Crippen LogP contribution in [0.25, 0.3) is 5.69 Å². The van der Waals surface area contributed by atoms with Crippen molar-refractivity contribution >= 4 is 28.7 Å². The Morgan fingerprint density at radius 3 is 2.60 bits per heavy atom. The molecule has 0 saturated carbocycles. The van der Waals surface area contributed by atoms with E-state index in [0.717, 1.165) is 0 Å². The van der Waals surface area contributed by atoms with Gasteiger partial charge in [-0.1, -0.05) is 17.3 Å². The first-order valence-electron chi connectivity index (χ1n) is 10.9. The van der Waals surface area contributed by atoms with E-state index < -0.39 is 18.6 Å². The number of carbonyl (C=O) groups excluding carboxylic acids is 1. The lowest BCUT2D eigenvalue weighted by Gasteiger charge is -2.30. The number of morpholine rings is 1. The van der Waals surface area contributed by atoms with Crippen LogP contribution in [0.4, 0.5) is 30.2 Å². The Hall–Kier alpha value is -3.77. The first kappa shape index (κ1) is 23.0. The van der Waals surface area contributed by atoms with Crippen molar-refractivity contribution in [2.75, 3.05) is 36.1 Å². The molecular formula is C23H21F3N6O3. The largest absolute Gasteiger partial charge is 0.491 e. The molecule has 12 heteroatoms. The summed E-state index contributed by atoms with van der Waals surface area (Å²) in [7, 11) is 0. The van der Waals surface area contributed by atoms with E-state index in [1.54, 1.807) is 36.4 Å². The molecule has 182 valence electrons. The number of hydrogen-bond donors (Lipinski definition) is 1. The molecule has 2 aliphatic rings. The van der Waals surface area contributed by atoms with E-state index in [4.69, 9.17) is 4.74 Å². The van der Waals surface area contributed by atoms with Crippen molar-refractivity contribution in [2.45, 2.75) is 19.3 Å². The maximum Gasteiger partial charge on any atom is 0.491 e. The number of amides is 1. The molecule has 5 rings (SSSR count). The maximum absolute atomic E-state index is 14.0. The van der Waals surface area contributed by atoms with Crippen LogP contribution in [0.2, 0.25) is 0 Å². The van der Waals surface area contributed by atoms with E-state index in [1.807, 2.05) is 4.90 Å². The highest BCUT2D eigenvalue weighted by Crippen LogP contribution is 2.41. The summed E-state index contributed by atoms with van der Waals surface area (Å²) in [5, 5.41) is 17.2. The third kappa shape index (κ3) is 4.49. The van der Waals surface area contributed by atoms with Gasteiger partial charge in [0.25, 0.3) is 0 Å². The van der Waals surface area contributed by atoms with Gasteiger partial charge in [0.05, 0.1) is 60.9 Å². The van der Waals surface area contributed by atoms with E-state index in [1.165, 1.54) is 16.9 Å². The summed E-state index contributed by atoms with van der Waals surface area (Å²) in [6.45, 7) is 1.94. The number of alkyl halides is 3. The standard InChI is InChI=1S/C23H21F3N6O3/c24-23(25,26)31-21-5-4-16(30-6-8-35-9-7-30)11-20(21)28-19(12-22(31)34)15-2-1-3-17(10-15)32-18(14-33)13-27-29-32/h1-5,10-11,13,33H,6-9,12,14H2. The molecule has 1 fully saturated rings. The van der Waals surface area contributed by atoms with Crippen LogP contribution < -0.4 is 9.80 Å². The minimum Gasteiger partial charge on any atom is -0.390 e. The third-order valence-corrected chi connectivity index (χ3v) is 5.86. The number of aromatic nitrogens is 3. The average Bonchev–Trinajstić information content (AvgIpc) is 3.27. The zero-order chi connectivity index (χ0) is 24.6. The number of benzene rings is 2. The van der Waals surface area contributed by atoms with Gasteiger partial charge in [-0.15, -0.1) is 18.3 Å². The second-order valence-corrected chi connectivity index (χ2v) is 8.05. The van der Waals surface area contributed by atoms with Gasteiger partial charge in [0.2, 0.25) is 5.91 Å². The normalized spacial score (nSPS) is 16.7. The number of aliphatic hydroxyl groups excluding tert-OH is 1. The van der Waals surface area contributed by atoms with Gasteiger partial charge in [-0.3, -0.25) is 9.79 Å². The number of halogens is 3. The molecule has 0 atom stereocenters. The molecular weight excluding hydrogens is 465 g/mol. The fraction of sp³-hybridized carbons (Fsp3) is 0.304. The van der Waals surface area contributed by atoms with Crippen molar-refractivity contribution in [2.24, 2.45) is 4.99 Å². The number of fused-ring (bicyclic) bond motifs is 1. The predicted molar refractivity (Wildman–Crippen MR) is 121 cm³/mol. The Balaban J connectivity index is 1.60. The van der Waals surface area contributed by atoms with E-state index in [0.29, 0.717) is 48.9 Å². The van der Waals surface area contributed by atoms with Crippen molar-refractivity contribution < 1.29 is 27.8 Å². The Morgan fingerprint density at radius 1 is 1.06 bits per heavy atom. The van der Waals surface area contributed by atoms with Crippen molar-refractivity contribution in [1.29, 1.82) is 0 Å². The van der Waals surface area contributed by atoms with Crippen LogP contribution in [-0.4, -0.2) is 64.3 Å². The monoisotopic (exact) mass is 486 g/mol. The second-order valence-electron chi connectivity index (χ2n) is 8.05. The number of carbonyl (C=O) groups is 1. The van der Waals surface area contributed by atoms with Gasteiger partial charge in [-0.05, 0) is 35.9 Å². The van der Waals surface area contributed by atoms with Gasteiger partial charge in [0.1, 0.15) is 0 Å². The first-order chi connectivity index (χ1) is 16.8. The Bertz CT molecular complexity index is 1280. The minimum atomic E-state index is -4.91. The number of anilines is 2. The van der Waals surface area contributed by atoms with E-state index >= 15 is 0 Å². The van der Waals surface area contributed by atoms with Crippen LogP contribution in [0.5, 0.6) is 0 Å². The zero-order valence-corrected chi connectivity index (χ0v) is 18.4. The molecule has 0 bridgehead atoms. The SMILES string of the molecule is O=C1CC(c2cccc(-n3nncc3CO)c2)=Nc2cc(N3CCOCC3)ccc2N1C(F)(F)F. The molecule has 1 amide bonds. The van der Waals surface area contributed by atoms with Crippen LogP contribution >= 0.6 is 0 Å². The van der Waals surface area contributed by atoms with Crippen molar-refractivity contribution in [1.82, 2.24) is 15.0 Å². The maximum atomic E-state index is 14.0. The molecule has 3 heterocycles. The van der Waals surface area contributed by atoms with Crippen LogP contribution in [-0.2, 0) is 16.1 Å². The Kier molecular flexibility index (Phi) is 5.99. The Labute approximate surface area is 198 Å². The summed E-state index contributed by atoms with van der Waals surface area (Å²) < 4.78 is 48.6. The fourth-order valence-electron chi connectivity index (χ4n) is 4.19. The highest BCUT2D eigenvalue weighted by atomic mass is 19.4. The summed E-state index contributed by atoms with van der Waals surface area (Å²) in [5.41, 5.74) is 2.05. The molecule has 35 heavy (non-hydrogen) atoms.